The Morgan fingerprint density at radius 3 is 2.38 bits per heavy atom. The minimum atomic E-state index is -0.924. The highest BCUT2D eigenvalue weighted by atomic mass is 35.5. The summed E-state index contributed by atoms with van der Waals surface area (Å²) in [6.07, 6.45) is 9.39. The molecule has 1 unspecified atom stereocenters. The maximum atomic E-state index is 14.4. The van der Waals surface area contributed by atoms with Crippen molar-refractivity contribution in [2.45, 2.75) is 55.2 Å². The maximum absolute atomic E-state index is 14.4. The topological polar surface area (TPSA) is 81.2 Å². The Hall–Kier alpha value is -2.29. The van der Waals surface area contributed by atoms with Crippen LogP contribution < -0.4 is 4.90 Å². The third kappa shape index (κ3) is 3.94. The molecular formula is C28H34ClN3O4S. The van der Waals surface area contributed by atoms with Crippen molar-refractivity contribution in [3.05, 3.63) is 53.6 Å². The second kappa shape index (κ2) is 9.79. The Bertz CT molecular complexity index is 1150. The first-order valence-corrected chi connectivity index (χ1v) is 14.3. The van der Waals surface area contributed by atoms with E-state index in [9.17, 15) is 19.5 Å². The highest BCUT2D eigenvalue weighted by Gasteiger charge is 2.74. The minimum absolute atomic E-state index is 0.0330. The van der Waals surface area contributed by atoms with Crippen LogP contribution in [0.15, 0.2) is 48.6 Å². The van der Waals surface area contributed by atoms with Gasteiger partial charge in [0.2, 0.25) is 11.8 Å². The summed E-state index contributed by atoms with van der Waals surface area (Å²) in [5, 5.41) is 10.8. The summed E-state index contributed by atoms with van der Waals surface area (Å²) >= 11 is 7.67. The smallest absolute Gasteiger partial charge is 0.251 e. The number of rotatable bonds is 6. The highest BCUT2D eigenvalue weighted by molar-refractivity contribution is 8.02. The van der Waals surface area contributed by atoms with Crippen LogP contribution in [0.2, 0.25) is 5.02 Å². The monoisotopic (exact) mass is 543 g/mol. The second-order valence-electron chi connectivity index (χ2n) is 10.5. The fraction of sp³-hybridized carbons (Fsp3) is 0.536. The molecule has 1 aromatic rings. The molecule has 0 aliphatic carbocycles. The SMILES string of the molecule is CCCN1CC=C[C@@]2(C)S[C@]34C=CCN(c5ccc(Cl)cc5)C(=O)C3N([C@@H](CC)CO)C(=O)[C@@H]4[C@H]2C1=O. The summed E-state index contributed by atoms with van der Waals surface area (Å²) in [5.74, 6) is -1.76. The number of aliphatic hydroxyl groups excluding tert-OH is 1. The van der Waals surface area contributed by atoms with Gasteiger partial charge in [-0.1, -0.05) is 49.8 Å². The van der Waals surface area contributed by atoms with Gasteiger partial charge in [-0.2, -0.15) is 0 Å². The van der Waals surface area contributed by atoms with Crippen molar-refractivity contribution < 1.29 is 19.5 Å². The number of anilines is 1. The van der Waals surface area contributed by atoms with Gasteiger partial charge in [0, 0.05) is 35.1 Å². The Morgan fingerprint density at radius 2 is 1.73 bits per heavy atom. The van der Waals surface area contributed by atoms with Gasteiger partial charge in [-0.25, -0.2) is 0 Å². The van der Waals surface area contributed by atoms with Crippen LogP contribution in [-0.2, 0) is 14.4 Å². The van der Waals surface area contributed by atoms with Gasteiger partial charge >= 0.3 is 0 Å². The number of carbonyl (C=O) groups excluding carboxylic acids is 3. The van der Waals surface area contributed by atoms with Crippen LogP contribution in [-0.4, -0.2) is 80.4 Å². The van der Waals surface area contributed by atoms with E-state index < -0.39 is 33.4 Å². The van der Waals surface area contributed by atoms with Gasteiger partial charge in [0.25, 0.3) is 5.91 Å². The molecule has 6 atom stereocenters. The molecule has 3 amide bonds. The molecule has 37 heavy (non-hydrogen) atoms. The Balaban J connectivity index is 1.66. The fourth-order valence-electron chi connectivity index (χ4n) is 6.64. The molecule has 1 spiro atoms. The Kier molecular flexibility index (Phi) is 6.96. The molecule has 2 fully saturated rings. The second-order valence-corrected chi connectivity index (χ2v) is 12.7. The third-order valence-electron chi connectivity index (χ3n) is 8.29. The van der Waals surface area contributed by atoms with Crippen LogP contribution in [0.4, 0.5) is 5.69 Å². The number of hydrogen-bond acceptors (Lipinski definition) is 5. The van der Waals surface area contributed by atoms with E-state index in [4.69, 9.17) is 11.6 Å². The molecule has 2 saturated heterocycles. The lowest BCUT2D eigenvalue weighted by molar-refractivity contribution is -0.145. The van der Waals surface area contributed by atoms with Crippen LogP contribution in [0.5, 0.6) is 0 Å². The van der Waals surface area contributed by atoms with Crippen molar-refractivity contribution in [1.82, 2.24) is 9.80 Å². The summed E-state index contributed by atoms with van der Waals surface area (Å²) in [6.45, 7) is 7.21. The summed E-state index contributed by atoms with van der Waals surface area (Å²) in [7, 11) is 0. The van der Waals surface area contributed by atoms with E-state index in [1.54, 1.807) is 45.8 Å². The largest absolute Gasteiger partial charge is 0.394 e. The van der Waals surface area contributed by atoms with Gasteiger partial charge in [0.15, 0.2) is 0 Å². The number of aliphatic hydroxyl groups is 1. The molecule has 5 rings (SSSR count). The number of halogens is 1. The average molecular weight is 544 g/mol. The molecule has 7 nitrogen and oxygen atoms in total. The number of thioether (sulfide) groups is 1. The van der Waals surface area contributed by atoms with E-state index in [2.05, 4.69) is 6.08 Å². The van der Waals surface area contributed by atoms with Crippen LogP contribution >= 0.6 is 23.4 Å². The predicted molar refractivity (Wildman–Crippen MR) is 146 cm³/mol. The van der Waals surface area contributed by atoms with Crippen LogP contribution in [0, 0.1) is 11.8 Å². The number of hydrogen-bond donors (Lipinski definition) is 1. The van der Waals surface area contributed by atoms with E-state index >= 15 is 0 Å². The van der Waals surface area contributed by atoms with E-state index in [1.165, 1.54) is 0 Å². The first-order valence-electron chi connectivity index (χ1n) is 13.1. The van der Waals surface area contributed by atoms with Gasteiger partial charge < -0.3 is 19.8 Å². The van der Waals surface area contributed by atoms with Crippen molar-refractivity contribution in [2.75, 3.05) is 31.1 Å². The van der Waals surface area contributed by atoms with Gasteiger partial charge in [-0.15, -0.1) is 11.8 Å². The number of benzene rings is 1. The van der Waals surface area contributed by atoms with Crippen molar-refractivity contribution >= 4 is 46.8 Å². The van der Waals surface area contributed by atoms with Gasteiger partial charge in [0.05, 0.1) is 29.2 Å². The fourth-order valence-corrected chi connectivity index (χ4v) is 8.91. The first kappa shape index (κ1) is 26.3. The number of fused-ring (bicyclic) bond motifs is 2. The maximum Gasteiger partial charge on any atom is 0.251 e. The molecular weight excluding hydrogens is 510 g/mol. The van der Waals surface area contributed by atoms with E-state index in [0.29, 0.717) is 36.8 Å². The molecule has 198 valence electrons. The first-order chi connectivity index (χ1) is 17.7. The van der Waals surface area contributed by atoms with E-state index in [1.807, 2.05) is 43.9 Å². The molecule has 0 aromatic heterocycles. The molecule has 4 aliphatic heterocycles. The highest BCUT2D eigenvalue weighted by Crippen LogP contribution is 2.66. The molecule has 0 saturated carbocycles. The quantitative estimate of drug-likeness (QED) is 0.555. The van der Waals surface area contributed by atoms with Crippen molar-refractivity contribution in [3.8, 4) is 0 Å². The van der Waals surface area contributed by atoms with Gasteiger partial charge in [0.1, 0.15) is 6.04 Å². The van der Waals surface area contributed by atoms with Crippen LogP contribution in [0.1, 0.15) is 33.6 Å². The Labute approximate surface area is 227 Å². The lowest BCUT2D eigenvalue weighted by Gasteiger charge is -2.39. The Morgan fingerprint density at radius 1 is 1.03 bits per heavy atom. The lowest BCUT2D eigenvalue weighted by Crippen LogP contribution is -2.56. The number of likely N-dealkylation sites (tertiary alicyclic amines) is 1. The number of amides is 3. The molecule has 4 aliphatic rings. The molecule has 1 N–H and O–H groups in total. The summed E-state index contributed by atoms with van der Waals surface area (Å²) in [6, 6.07) is 5.73. The normalized spacial score (nSPS) is 33.8. The molecule has 0 radical (unpaired) electrons. The van der Waals surface area contributed by atoms with Crippen molar-refractivity contribution in [1.29, 1.82) is 0 Å². The van der Waals surface area contributed by atoms with E-state index in [0.717, 1.165) is 6.42 Å². The third-order valence-corrected chi connectivity index (χ3v) is 10.3. The molecule has 1 aromatic carbocycles. The minimum Gasteiger partial charge on any atom is -0.394 e. The average Bonchev–Trinajstić information content (AvgIpc) is 3.15. The summed E-state index contributed by atoms with van der Waals surface area (Å²) < 4.78 is -1.56. The van der Waals surface area contributed by atoms with Crippen LogP contribution in [0.3, 0.4) is 0 Å². The number of nitrogens with zero attached hydrogens (tertiary/aromatic N) is 3. The predicted octanol–water partition coefficient (Wildman–Crippen LogP) is 3.51. The van der Waals surface area contributed by atoms with Crippen molar-refractivity contribution in [3.63, 3.8) is 0 Å². The molecule has 0 bridgehead atoms. The standard InChI is InChI=1S/C28H34ClN3O4S/c1-4-14-30-15-6-12-27(3)21(24(30)34)22-25(35)32(19(5-2)17-33)23-26(36)31(16-7-13-28(22,23)37-27)20-10-8-18(29)9-11-20/h6-13,19,21-23,33H,4-5,14-17H2,1-3H3/t19-,21-,22-,23?,27+,28-/m0/s1. The molecule has 9 heteroatoms. The van der Waals surface area contributed by atoms with Gasteiger partial charge in [-0.05, 0) is 44.0 Å². The zero-order chi connectivity index (χ0) is 26.5. The van der Waals surface area contributed by atoms with Crippen molar-refractivity contribution in [2.24, 2.45) is 11.8 Å². The summed E-state index contributed by atoms with van der Waals surface area (Å²) in [4.78, 5) is 47.9. The van der Waals surface area contributed by atoms with Gasteiger partial charge in [-0.3, -0.25) is 14.4 Å². The zero-order valence-corrected chi connectivity index (χ0v) is 23.0. The summed E-state index contributed by atoms with van der Waals surface area (Å²) in [5.41, 5.74) is 0.692. The van der Waals surface area contributed by atoms with Crippen LogP contribution in [0.25, 0.3) is 0 Å². The zero-order valence-electron chi connectivity index (χ0n) is 21.5. The lowest BCUT2D eigenvalue weighted by atomic mass is 9.74. The number of carbonyl (C=O) groups is 3. The van der Waals surface area contributed by atoms with E-state index in [-0.39, 0.29) is 24.3 Å². The molecule has 4 heterocycles.